The molecule has 4 heteroatoms. The summed E-state index contributed by atoms with van der Waals surface area (Å²) < 4.78 is 13.1. The number of Topliss-reactive ketones (excluding diaryl/α,β-unsaturated/α-hetero) is 1. The molecule has 3 nitrogen and oxygen atoms in total. The van der Waals surface area contributed by atoms with Crippen LogP contribution in [-0.4, -0.2) is 23.0 Å². The number of fused-ring (bicyclic) bond motifs is 1. The number of ketones is 1. The van der Waals surface area contributed by atoms with Crippen LogP contribution in [-0.2, 0) is 12.8 Å². The maximum Gasteiger partial charge on any atom is 0.188 e. The van der Waals surface area contributed by atoms with E-state index in [1.54, 1.807) is 30.6 Å². The van der Waals surface area contributed by atoms with E-state index >= 15 is 0 Å². The first-order chi connectivity index (χ1) is 13.7. The van der Waals surface area contributed by atoms with Gasteiger partial charge in [-0.15, -0.1) is 0 Å². The second-order valence-corrected chi connectivity index (χ2v) is 6.61. The van der Waals surface area contributed by atoms with Crippen molar-refractivity contribution in [3.8, 4) is 11.8 Å². The Hall–Kier alpha value is -3.58. The van der Waals surface area contributed by atoms with E-state index in [9.17, 15) is 9.18 Å². The number of benzene rings is 2. The van der Waals surface area contributed by atoms with Crippen LogP contribution in [0.4, 0.5) is 4.39 Å². The van der Waals surface area contributed by atoms with Gasteiger partial charge in [-0.1, -0.05) is 48.4 Å². The first kappa shape index (κ1) is 17.8. The van der Waals surface area contributed by atoms with Crippen molar-refractivity contribution in [2.24, 2.45) is 4.99 Å². The number of aromatic nitrogens is 1. The number of hydrogen-bond donors (Lipinski definition) is 0. The summed E-state index contributed by atoms with van der Waals surface area (Å²) in [7, 11) is 0. The van der Waals surface area contributed by atoms with Crippen LogP contribution in [0.5, 0.6) is 0 Å². The van der Waals surface area contributed by atoms with Crippen LogP contribution in [0.25, 0.3) is 0 Å². The Balaban J connectivity index is 1.51. The van der Waals surface area contributed by atoms with Crippen molar-refractivity contribution >= 4 is 12.0 Å². The predicted molar refractivity (Wildman–Crippen MR) is 107 cm³/mol. The normalized spacial score (nSPS) is 14.9. The van der Waals surface area contributed by atoms with E-state index in [4.69, 9.17) is 0 Å². The second kappa shape index (κ2) is 7.98. The maximum atomic E-state index is 13.1. The van der Waals surface area contributed by atoms with Gasteiger partial charge in [0.15, 0.2) is 5.78 Å². The highest BCUT2D eigenvalue weighted by Gasteiger charge is 2.25. The highest BCUT2D eigenvalue weighted by molar-refractivity contribution is 6.10. The number of carbonyl (C=O) groups is 1. The van der Waals surface area contributed by atoms with Gasteiger partial charge in [0.25, 0.3) is 0 Å². The van der Waals surface area contributed by atoms with Crippen LogP contribution in [0.3, 0.4) is 0 Å². The number of nitrogens with zero attached hydrogens (tertiary/aromatic N) is 2. The molecule has 0 saturated heterocycles. The summed E-state index contributed by atoms with van der Waals surface area (Å²) in [5.41, 5.74) is 3.86. The Morgan fingerprint density at radius 2 is 1.79 bits per heavy atom. The van der Waals surface area contributed by atoms with Crippen molar-refractivity contribution in [3.63, 3.8) is 0 Å². The van der Waals surface area contributed by atoms with Gasteiger partial charge < -0.3 is 0 Å². The summed E-state index contributed by atoms with van der Waals surface area (Å²) in [6.07, 6.45) is 4.38. The minimum Gasteiger partial charge on any atom is -0.292 e. The molecule has 1 aliphatic rings. The lowest BCUT2D eigenvalue weighted by molar-refractivity contribution is 0.0960. The molecule has 0 aliphatic carbocycles. The highest BCUT2D eigenvalue weighted by atomic mass is 19.1. The van der Waals surface area contributed by atoms with Gasteiger partial charge in [0.1, 0.15) is 17.6 Å². The van der Waals surface area contributed by atoms with Gasteiger partial charge in [-0.2, -0.15) is 0 Å². The van der Waals surface area contributed by atoms with E-state index in [-0.39, 0.29) is 11.6 Å². The number of halogens is 1. The number of hydrogen-bond acceptors (Lipinski definition) is 3. The molecular weight excluding hydrogens is 351 g/mol. The molecule has 0 radical (unpaired) electrons. The number of carbonyl (C=O) groups excluding carboxylic acids is 1. The number of pyridine rings is 1. The van der Waals surface area contributed by atoms with E-state index in [0.29, 0.717) is 29.7 Å². The van der Waals surface area contributed by atoms with Crippen molar-refractivity contribution in [2.75, 3.05) is 0 Å². The zero-order valence-electron chi connectivity index (χ0n) is 15.1. The van der Waals surface area contributed by atoms with Gasteiger partial charge in [0, 0.05) is 36.4 Å². The Labute approximate surface area is 163 Å². The molecule has 0 bridgehead atoms. The highest BCUT2D eigenvalue weighted by Crippen LogP contribution is 2.19. The third kappa shape index (κ3) is 4.05. The summed E-state index contributed by atoms with van der Waals surface area (Å²) in [5.74, 6) is 5.78. The van der Waals surface area contributed by atoms with E-state index in [0.717, 1.165) is 11.1 Å². The van der Waals surface area contributed by atoms with Gasteiger partial charge in [-0.25, -0.2) is 9.37 Å². The van der Waals surface area contributed by atoms with Gasteiger partial charge in [0.2, 0.25) is 0 Å². The van der Waals surface area contributed by atoms with E-state index in [1.807, 2.05) is 30.3 Å². The molecule has 2 heterocycles. The van der Waals surface area contributed by atoms with Gasteiger partial charge in [-0.3, -0.25) is 9.79 Å². The number of aliphatic imine (C=N–C) groups is 1. The van der Waals surface area contributed by atoms with Crippen molar-refractivity contribution in [2.45, 2.75) is 18.9 Å². The smallest absolute Gasteiger partial charge is 0.188 e. The topological polar surface area (TPSA) is 42.3 Å². The standard InChI is InChI=1S/C24H17FN2O/c25-20-11-9-18(10-12-20)13-23-24(28)22-14-21(26-15-19(22)16-27-23)8-4-7-17-5-2-1-3-6-17/h1-3,5-6,9-12,14-16,23H,7,13H2. The van der Waals surface area contributed by atoms with E-state index in [1.165, 1.54) is 12.1 Å². The van der Waals surface area contributed by atoms with Gasteiger partial charge >= 0.3 is 0 Å². The third-order valence-electron chi connectivity index (χ3n) is 4.59. The molecule has 4 rings (SSSR count). The Morgan fingerprint density at radius 3 is 2.57 bits per heavy atom. The number of rotatable bonds is 3. The molecule has 0 amide bonds. The predicted octanol–water partition coefficient (Wildman–Crippen LogP) is 4.04. The minimum absolute atomic E-state index is 0.0599. The van der Waals surface area contributed by atoms with Gasteiger partial charge in [-0.05, 0) is 35.2 Å². The third-order valence-corrected chi connectivity index (χ3v) is 4.59. The zero-order valence-corrected chi connectivity index (χ0v) is 15.1. The Kier molecular flexibility index (Phi) is 5.07. The SMILES string of the molecule is O=C1c2cc(C#CCc3ccccc3)ncc2C=NC1Cc1ccc(F)cc1. The van der Waals surface area contributed by atoms with Crippen LogP contribution in [0.2, 0.25) is 0 Å². The van der Waals surface area contributed by atoms with Crippen molar-refractivity contribution in [1.82, 2.24) is 4.98 Å². The molecular formula is C24H17FN2O. The Morgan fingerprint density at radius 1 is 1.00 bits per heavy atom. The summed E-state index contributed by atoms with van der Waals surface area (Å²) in [5, 5.41) is 0. The fourth-order valence-corrected chi connectivity index (χ4v) is 3.09. The molecule has 0 spiro atoms. The van der Waals surface area contributed by atoms with E-state index in [2.05, 4.69) is 21.8 Å². The van der Waals surface area contributed by atoms with Crippen LogP contribution in [0, 0.1) is 17.7 Å². The maximum absolute atomic E-state index is 13.1. The van der Waals surface area contributed by atoms with Crippen molar-refractivity contribution in [3.05, 3.63) is 101 Å². The lowest BCUT2D eigenvalue weighted by Crippen LogP contribution is -2.26. The Bertz CT molecular complexity index is 1090. The summed E-state index contributed by atoms with van der Waals surface area (Å²) in [4.78, 5) is 21.5. The molecule has 136 valence electrons. The fraction of sp³-hybridized carbons (Fsp3) is 0.125. The van der Waals surface area contributed by atoms with Gasteiger partial charge in [0.05, 0.1) is 0 Å². The van der Waals surface area contributed by atoms with Crippen molar-refractivity contribution < 1.29 is 9.18 Å². The molecule has 1 unspecified atom stereocenters. The van der Waals surface area contributed by atoms with Crippen LogP contribution in [0.15, 0.2) is 71.9 Å². The zero-order chi connectivity index (χ0) is 19.3. The molecule has 0 saturated carbocycles. The molecule has 1 atom stereocenters. The average Bonchev–Trinajstić information content (AvgIpc) is 2.73. The molecule has 0 N–H and O–H groups in total. The summed E-state index contributed by atoms with van der Waals surface area (Å²) >= 11 is 0. The molecule has 2 aromatic carbocycles. The quantitative estimate of drug-likeness (QED) is 0.655. The largest absolute Gasteiger partial charge is 0.292 e. The van der Waals surface area contributed by atoms with E-state index < -0.39 is 6.04 Å². The average molecular weight is 368 g/mol. The minimum atomic E-state index is -0.509. The molecule has 0 fully saturated rings. The molecule has 3 aromatic rings. The lowest BCUT2D eigenvalue weighted by atomic mass is 9.93. The second-order valence-electron chi connectivity index (χ2n) is 6.61. The van der Waals surface area contributed by atoms with Crippen LogP contribution < -0.4 is 0 Å². The molecule has 1 aliphatic heterocycles. The fourth-order valence-electron chi connectivity index (χ4n) is 3.09. The molecule has 1 aromatic heterocycles. The summed E-state index contributed by atoms with van der Waals surface area (Å²) in [6.45, 7) is 0. The van der Waals surface area contributed by atoms with Crippen LogP contribution >= 0.6 is 0 Å². The lowest BCUT2D eigenvalue weighted by Gasteiger charge is -2.17. The first-order valence-corrected chi connectivity index (χ1v) is 9.04. The summed E-state index contributed by atoms with van der Waals surface area (Å²) in [6, 6.07) is 17.3. The van der Waals surface area contributed by atoms with Crippen LogP contribution in [0.1, 0.15) is 32.7 Å². The first-order valence-electron chi connectivity index (χ1n) is 9.04. The molecule has 28 heavy (non-hydrogen) atoms. The van der Waals surface area contributed by atoms with Crippen molar-refractivity contribution in [1.29, 1.82) is 0 Å². The monoisotopic (exact) mass is 368 g/mol.